The summed E-state index contributed by atoms with van der Waals surface area (Å²) in [4.78, 5) is 20.9. The van der Waals surface area contributed by atoms with Crippen molar-refractivity contribution in [1.82, 2.24) is 9.97 Å². The Morgan fingerprint density at radius 2 is 1.69 bits per heavy atom. The average molecular weight is 367 g/mol. The lowest BCUT2D eigenvalue weighted by molar-refractivity contribution is 0.102. The number of hydrogen-bond donors (Lipinski definition) is 2. The van der Waals surface area contributed by atoms with Crippen molar-refractivity contribution in [1.29, 1.82) is 0 Å². The molecule has 3 rings (SSSR count). The van der Waals surface area contributed by atoms with Gasteiger partial charge in [-0.3, -0.25) is 4.79 Å². The van der Waals surface area contributed by atoms with Gasteiger partial charge < -0.3 is 10.6 Å². The number of aryl methyl sites for hydroxylation is 3. The minimum absolute atomic E-state index is 0.278. The average Bonchev–Trinajstić information content (AvgIpc) is 2.57. The molecule has 3 aromatic rings. The van der Waals surface area contributed by atoms with E-state index in [9.17, 15) is 4.79 Å². The van der Waals surface area contributed by atoms with Crippen LogP contribution in [0.4, 0.5) is 17.3 Å². The Morgan fingerprint density at radius 3 is 2.38 bits per heavy atom. The van der Waals surface area contributed by atoms with E-state index in [-0.39, 0.29) is 11.6 Å². The van der Waals surface area contributed by atoms with Gasteiger partial charge in [-0.25, -0.2) is 9.97 Å². The van der Waals surface area contributed by atoms with Gasteiger partial charge in [0.1, 0.15) is 5.69 Å². The van der Waals surface area contributed by atoms with Crippen molar-refractivity contribution in [2.45, 2.75) is 20.8 Å². The number of anilines is 3. The SMILES string of the molecule is Cc1cc(C)cc(NC(=O)c2ccnc(Nc3ccc(C)c(Cl)c3)n2)c1. The fourth-order valence-electron chi connectivity index (χ4n) is 2.59. The minimum Gasteiger partial charge on any atom is -0.324 e. The van der Waals surface area contributed by atoms with Crippen LogP contribution in [0.1, 0.15) is 27.2 Å². The lowest BCUT2D eigenvalue weighted by Gasteiger charge is -2.09. The molecule has 0 aliphatic carbocycles. The first-order valence-corrected chi connectivity index (χ1v) is 8.54. The molecule has 1 amide bonds. The Bertz CT molecular complexity index is 952. The molecule has 0 bridgehead atoms. The number of nitrogens with zero attached hydrogens (tertiary/aromatic N) is 2. The molecule has 0 aliphatic rings. The van der Waals surface area contributed by atoms with E-state index >= 15 is 0 Å². The molecule has 0 fully saturated rings. The first-order chi connectivity index (χ1) is 12.4. The third-order valence-electron chi connectivity index (χ3n) is 3.80. The van der Waals surface area contributed by atoms with E-state index in [1.54, 1.807) is 18.3 Å². The Hall–Kier alpha value is -2.92. The second kappa shape index (κ2) is 7.54. The van der Waals surface area contributed by atoms with Gasteiger partial charge in [0.2, 0.25) is 5.95 Å². The first-order valence-electron chi connectivity index (χ1n) is 8.16. The lowest BCUT2D eigenvalue weighted by Crippen LogP contribution is -2.15. The van der Waals surface area contributed by atoms with E-state index in [2.05, 4.69) is 26.7 Å². The van der Waals surface area contributed by atoms with Crippen molar-refractivity contribution < 1.29 is 4.79 Å². The molecule has 0 saturated heterocycles. The summed E-state index contributed by atoms with van der Waals surface area (Å²) in [6.45, 7) is 5.91. The van der Waals surface area contributed by atoms with Crippen molar-refractivity contribution >= 4 is 34.8 Å². The van der Waals surface area contributed by atoms with Crippen LogP contribution in [0.25, 0.3) is 0 Å². The number of amides is 1. The molecular weight excluding hydrogens is 348 g/mol. The zero-order valence-corrected chi connectivity index (χ0v) is 15.6. The zero-order valence-electron chi connectivity index (χ0n) is 14.8. The Kier molecular flexibility index (Phi) is 5.19. The van der Waals surface area contributed by atoms with E-state index in [1.165, 1.54) is 0 Å². The predicted octanol–water partition coefficient (Wildman–Crippen LogP) is 5.05. The first kappa shape index (κ1) is 17.9. The summed E-state index contributed by atoms with van der Waals surface area (Å²) in [6.07, 6.45) is 1.54. The van der Waals surface area contributed by atoms with Crippen molar-refractivity contribution in [3.05, 3.63) is 76.1 Å². The summed E-state index contributed by atoms with van der Waals surface area (Å²) >= 11 is 6.13. The topological polar surface area (TPSA) is 66.9 Å². The van der Waals surface area contributed by atoms with E-state index in [1.807, 2.05) is 45.0 Å². The summed E-state index contributed by atoms with van der Waals surface area (Å²) in [5.74, 6) is 0.0420. The highest BCUT2D eigenvalue weighted by atomic mass is 35.5. The van der Waals surface area contributed by atoms with Gasteiger partial charge in [0, 0.05) is 22.6 Å². The van der Waals surface area contributed by atoms with Crippen molar-refractivity contribution in [2.75, 3.05) is 10.6 Å². The van der Waals surface area contributed by atoms with Gasteiger partial charge in [-0.2, -0.15) is 0 Å². The second-order valence-electron chi connectivity index (χ2n) is 6.18. The highest BCUT2D eigenvalue weighted by molar-refractivity contribution is 6.31. The van der Waals surface area contributed by atoms with Crippen LogP contribution in [-0.4, -0.2) is 15.9 Å². The molecule has 132 valence electrons. The second-order valence-corrected chi connectivity index (χ2v) is 6.59. The molecule has 0 radical (unpaired) electrons. The van der Waals surface area contributed by atoms with E-state index < -0.39 is 0 Å². The molecule has 2 aromatic carbocycles. The fraction of sp³-hybridized carbons (Fsp3) is 0.150. The summed E-state index contributed by atoms with van der Waals surface area (Å²) in [5, 5.41) is 6.58. The molecule has 5 nitrogen and oxygen atoms in total. The molecular formula is C20H19ClN4O. The number of nitrogens with one attached hydrogen (secondary N) is 2. The van der Waals surface area contributed by atoms with Gasteiger partial charge in [0.05, 0.1) is 0 Å². The molecule has 2 N–H and O–H groups in total. The normalized spacial score (nSPS) is 10.5. The van der Waals surface area contributed by atoms with Crippen LogP contribution in [0.5, 0.6) is 0 Å². The number of rotatable bonds is 4. The van der Waals surface area contributed by atoms with Crippen LogP contribution in [0.15, 0.2) is 48.7 Å². The van der Waals surface area contributed by atoms with Crippen molar-refractivity contribution in [3.8, 4) is 0 Å². The number of benzene rings is 2. The van der Waals surface area contributed by atoms with Gasteiger partial charge in [0.15, 0.2) is 0 Å². The molecule has 1 aromatic heterocycles. The van der Waals surface area contributed by atoms with E-state index in [0.717, 1.165) is 28.1 Å². The number of halogens is 1. The molecule has 26 heavy (non-hydrogen) atoms. The molecule has 6 heteroatoms. The van der Waals surface area contributed by atoms with Crippen LogP contribution in [-0.2, 0) is 0 Å². The number of aromatic nitrogens is 2. The highest BCUT2D eigenvalue weighted by Crippen LogP contribution is 2.22. The smallest absolute Gasteiger partial charge is 0.274 e. The summed E-state index contributed by atoms with van der Waals surface area (Å²) in [6, 6.07) is 13.0. The molecule has 0 spiro atoms. The highest BCUT2D eigenvalue weighted by Gasteiger charge is 2.10. The van der Waals surface area contributed by atoms with Crippen LogP contribution >= 0.6 is 11.6 Å². The maximum absolute atomic E-state index is 12.5. The minimum atomic E-state index is -0.289. The Morgan fingerprint density at radius 1 is 0.962 bits per heavy atom. The van der Waals surface area contributed by atoms with Crippen LogP contribution in [0, 0.1) is 20.8 Å². The summed E-state index contributed by atoms with van der Waals surface area (Å²) in [7, 11) is 0. The zero-order chi connectivity index (χ0) is 18.7. The van der Waals surface area contributed by atoms with Gasteiger partial charge in [-0.15, -0.1) is 0 Å². The van der Waals surface area contributed by atoms with Gasteiger partial charge in [0.25, 0.3) is 5.91 Å². The predicted molar refractivity (Wildman–Crippen MR) is 105 cm³/mol. The quantitative estimate of drug-likeness (QED) is 0.678. The summed E-state index contributed by atoms with van der Waals surface area (Å²) in [5.41, 5.74) is 4.93. The number of hydrogen-bond acceptors (Lipinski definition) is 4. The number of carbonyl (C=O) groups excluding carboxylic acids is 1. The third-order valence-corrected chi connectivity index (χ3v) is 4.20. The largest absolute Gasteiger partial charge is 0.324 e. The van der Waals surface area contributed by atoms with Gasteiger partial charge in [-0.1, -0.05) is 23.7 Å². The number of carbonyl (C=O) groups is 1. The molecule has 0 atom stereocenters. The Balaban J connectivity index is 1.77. The summed E-state index contributed by atoms with van der Waals surface area (Å²) < 4.78 is 0. The van der Waals surface area contributed by atoms with Crippen LogP contribution in [0.3, 0.4) is 0 Å². The molecule has 0 aliphatic heterocycles. The third kappa shape index (κ3) is 4.37. The van der Waals surface area contributed by atoms with Gasteiger partial charge in [-0.05, 0) is 67.8 Å². The van der Waals surface area contributed by atoms with E-state index in [4.69, 9.17) is 11.6 Å². The standard InChI is InChI=1S/C20H19ClN4O/c1-12-8-13(2)10-16(9-12)23-19(26)18-6-7-22-20(25-18)24-15-5-4-14(3)17(21)11-15/h4-11H,1-3H3,(H,23,26)(H,22,24,25). The van der Waals surface area contributed by atoms with Crippen molar-refractivity contribution in [2.24, 2.45) is 0 Å². The lowest BCUT2D eigenvalue weighted by atomic mass is 10.1. The monoisotopic (exact) mass is 366 g/mol. The molecule has 1 heterocycles. The van der Waals surface area contributed by atoms with Crippen molar-refractivity contribution in [3.63, 3.8) is 0 Å². The van der Waals surface area contributed by atoms with Crippen LogP contribution < -0.4 is 10.6 Å². The van der Waals surface area contributed by atoms with Gasteiger partial charge >= 0.3 is 0 Å². The fourth-order valence-corrected chi connectivity index (χ4v) is 2.77. The maximum atomic E-state index is 12.5. The molecule has 0 unspecified atom stereocenters. The van der Waals surface area contributed by atoms with Crippen LogP contribution in [0.2, 0.25) is 5.02 Å². The Labute approximate surface area is 157 Å². The van der Waals surface area contributed by atoms with E-state index in [0.29, 0.717) is 11.0 Å². The molecule has 0 saturated carbocycles. The maximum Gasteiger partial charge on any atom is 0.274 e.